The van der Waals surface area contributed by atoms with E-state index >= 15 is 0 Å². The van der Waals surface area contributed by atoms with Crippen LogP contribution in [0.4, 0.5) is 5.82 Å². The quantitative estimate of drug-likeness (QED) is 0.654. The molecule has 0 saturated heterocycles. The van der Waals surface area contributed by atoms with Crippen molar-refractivity contribution < 1.29 is 14.3 Å². The molecule has 5 nitrogen and oxygen atoms in total. The molecule has 0 aliphatic carbocycles. The van der Waals surface area contributed by atoms with E-state index in [-0.39, 0.29) is 12.5 Å². The van der Waals surface area contributed by atoms with Crippen molar-refractivity contribution in [3.05, 3.63) is 83.0 Å². The Morgan fingerprint density at radius 3 is 2.36 bits per heavy atom. The Morgan fingerprint density at radius 2 is 1.61 bits per heavy atom. The molecule has 0 saturated carbocycles. The number of nitrogens with one attached hydrogen (secondary N) is 1. The standard InChI is InChI=1S/C23H24N2O3/c1-16-8-4-5-11-19(16)14-27-20-12-7-13-24-23(20)25-21(26)15-28-22-17(2)9-6-10-18(22)3/h4-13H,14-15H2,1-3H3,(H,24,25,26). The van der Waals surface area contributed by atoms with Gasteiger partial charge in [0.2, 0.25) is 0 Å². The molecular weight excluding hydrogens is 352 g/mol. The maximum atomic E-state index is 12.4. The summed E-state index contributed by atoms with van der Waals surface area (Å²) in [6, 6.07) is 17.4. The lowest BCUT2D eigenvalue weighted by Gasteiger charge is -2.14. The molecule has 3 aromatic rings. The molecule has 1 amide bonds. The molecule has 1 N–H and O–H groups in total. The van der Waals surface area contributed by atoms with Gasteiger partial charge in [-0.3, -0.25) is 4.79 Å². The van der Waals surface area contributed by atoms with Gasteiger partial charge in [0.25, 0.3) is 5.91 Å². The largest absolute Gasteiger partial charge is 0.485 e. The summed E-state index contributed by atoms with van der Waals surface area (Å²) >= 11 is 0. The topological polar surface area (TPSA) is 60.5 Å². The minimum absolute atomic E-state index is 0.0977. The zero-order valence-electron chi connectivity index (χ0n) is 16.4. The Hall–Kier alpha value is -3.34. The van der Waals surface area contributed by atoms with Crippen molar-refractivity contribution >= 4 is 11.7 Å². The number of hydrogen-bond acceptors (Lipinski definition) is 4. The van der Waals surface area contributed by atoms with Crippen LogP contribution in [0.2, 0.25) is 0 Å². The highest BCUT2D eigenvalue weighted by Crippen LogP contribution is 2.24. The summed E-state index contributed by atoms with van der Waals surface area (Å²) in [6.07, 6.45) is 1.61. The molecule has 0 aliphatic heterocycles. The molecule has 5 heteroatoms. The van der Waals surface area contributed by atoms with Crippen LogP contribution in [0, 0.1) is 20.8 Å². The molecule has 1 aromatic heterocycles. The van der Waals surface area contributed by atoms with Gasteiger partial charge in [0.05, 0.1) is 0 Å². The van der Waals surface area contributed by atoms with Gasteiger partial charge in [0.15, 0.2) is 18.2 Å². The molecule has 28 heavy (non-hydrogen) atoms. The molecule has 0 bridgehead atoms. The third-order valence-corrected chi connectivity index (χ3v) is 4.43. The summed E-state index contributed by atoms with van der Waals surface area (Å²) in [4.78, 5) is 16.6. The number of para-hydroxylation sites is 1. The predicted molar refractivity (Wildman–Crippen MR) is 110 cm³/mol. The average molecular weight is 376 g/mol. The van der Waals surface area contributed by atoms with Crippen LogP contribution in [0.5, 0.6) is 11.5 Å². The predicted octanol–water partition coefficient (Wildman–Crippen LogP) is 4.60. The Bertz CT molecular complexity index is 949. The van der Waals surface area contributed by atoms with Crippen LogP contribution < -0.4 is 14.8 Å². The summed E-state index contributed by atoms with van der Waals surface area (Å²) in [5.41, 5.74) is 4.22. The summed E-state index contributed by atoms with van der Waals surface area (Å²) in [5.74, 6) is 1.34. The second-order valence-electron chi connectivity index (χ2n) is 6.62. The number of nitrogens with zero attached hydrogens (tertiary/aromatic N) is 1. The number of pyridine rings is 1. The highest BCUT2D eigenvalue weighted by atomic mass is 16.5. The van der Waals surface area contributed by atoms with Crippen LogP contribution in [0.25, 0.3) is 0 Å². The highest BCUT2D eigenvalue weighted by Gasteiger charge is 2.12. The second-order valence-corrected chi connectivity index (χ2v) is 6.62. The highest BCUT2D eigenvalue weighted by molar-refractivity contribution is 5.92. The van der Waals surface area contributed by atoms with Gasteiger partial charge in [-0.05, 0) is 55.2 Å². The van der Waals surface area contributed by atoms with Gasteiger partial charge in [-0.15, -0.1) is 0 Å². The van der Waals surface area contributed by atoms with Gasteiger partial charge >= 0.3 is 0 Å². The lowest BCUT2D eigenvalue weighted by Crippen LogP contribution is -2.21. The fourth-order valence-corrected chi connectivity index (χ4v) is 2.86. The monoisotopic (exact) mass is 376 g/mol. The molecule has 3 rings (SSSR count). The molecule has 0 unspecified atom stereocenters. The van der Waals surface area contributed by atoms with E-state index in [1.165, 1.54) is 0 Å². The van der Waals surface area contributed by atoms with Crippen LogP contribution in [0.3, 0.4) is 0 Å². The molecule has 0 aliphatic rings. The summed E-state index contributed by atoms with van der Waals surface area (Å²) in [5, 5.41) is 2.77. The van der Waals surface area contributed by atoms with E-state index in [2.05, 4.69) is 10.3 Å². The number of benzene rings is 2. The van der Waals surface area contributed by atoms with Crippen LogP contribution in [-0.2, 0) is 11.4 Å². The lowest BCUT2D eigenvalue weighted by atomic mass is 10.1. The van der Waals surface area contributed by atoms with Gasteiger partial charge < -0.3 is 14.8 Å². The first-order chi connectivity index (χ1) is 13.5. The van der Waals surface area contributed by atoms with Gasteiger partial charge in [0, 0.05) is 6.20 Å². The third kappa shape index (κ3) is 4.88. The fraction of sp³-hybridized carbons (Fsp3) is 0.217. The van der Waals surface area contributed by atoms with E-state index in [9.17, 15) is 4.79 Å². The maximum absolute atomic E-state index is 12.4. The molecule has 0 spiro atoms. The number of hydrogen-bond donors (Lipinski definition) is 1. The van der Waals surface area contributed by atoms with Crippen LogP contribution in [-0.4, -0.2) is 17.5 Å². The Balaban J connectivity index is 1.62. The number of ether oxygens (including phenoxy) is 2. The van der Waals surface area contributed by atoms with E-state index in [0.717, 1.165) is 28.0 Å². The van der Waals surface area contributed by atoms with E-state index in [1.54, 1.807) is 18.3 Å². The number of carbonyl (C=O) groups excluding carboxylic acids is 1. The van der Waals surface area contributed by atoms with E-state index in [4.69, 9.17) is 9.47 Å². The molecule has 0 atom stereocenters. The average Bonchev–Trinajstić information content (AvgIpc) is 2.68. The van der Waals surface area contributed by atoms with Crippen molar-refractivity contribution in [2.45, 2.75) is 27.4 Å². The Labute approximate surface area is 165 Å². The number of carbonyl (C=O) groups is 1. The van der Waals surface area contributed by atoms with Gasteiger partial charge in [-0.25, -0.2) is 4.98 Å². The summed E-state index contributed by atoms with van der Waals surface area (Å²) in [7, 11) is 0. The Kier molecular flexibility index (Phi) is 6.27. The molecule has 2 aromatic carbocycles. The zero-order valence-corrected chi connectivity index (χ0v) is 16.4. The van der Waals surface area contributed by atoms with Gasteiger partial charge in [-0.1, -0.05) is 42.5 Å². The fourth-order valence-electron chi connectivity index (χ4n) is 2.86. The minimum Gasteiger partial charge on any atom is -0.485 e. The van der Waals surface area contributed by atoms with Crippen molar-refractivity contribution in [3.8, 4) is 11.5 Å². The lowest BCUT2D eigenvalue weighted by molar-refractivity contribution is -0.118. The van der Waals surface area contributed by atoms with Crippen molar-refractivity contribution in [1.82, 2.24) is 4.98 Å². The first-order valence-corrected chi connectivity index (χ1v) is 9.16. The molecule has 1 heterocycles. The molecule has 144 valence electrons. The van der Waals surface area contributed by atoms with Crippen LogP contribution >= 0.6 is 0 Å². The molecular formula is C23H24N2O3. The normalized spacial score (nSPS) is 10.4. The number of amides is 1. The van der Waals surface area contributed by atoms with Crippen LogP contribution in [0.1, 0.15) is 22.3 Å². The first kappa shape index (κ1) is 19.4. The first-order valence-electron chi connectivity index (χ1n) is 9.16. The number of aromatic nitrogens is 1. The van der Waals surface area contributed by atoms with Gasteiger partial charge in [-0.2, -0.15) is 0 Å². The summed E-state index contributed by atoms with van der Waals surface area (Å²) in [6.45, 7) is 6.25. The van der Waals surface area contributed by atoms with Crippen LogP contribution in [0.15, 0.2) is 60.8 Å². The van der Waals surface area contributed by atoms with Crippen molar-refractivity contribution in [2.24, 2.45) is 0 Å². The SMILES string of the molecule is Cc1ccccc1COc1cccnc1NC(=O)COc1c(C)cccc1C. The maximum Gasteiger partial charge on any atom is 0.263 e. The molecule has 0 radical (unpaired) electrons. The molecule has 0 fully saturated rings. The second kappa shape index (κ2) is 9.04. The Morgan fingerprint density at radius 1 is 0.893 bits per heavy atom. The van der Waals surface area contributed by atoms with Gasteiger partial charge in [0.1, 0.15) is 12.4 Å². The smallest absolute Gasteiger partial charge is 0.263 e. The van der Waals surface area contributed by atoms with Crippen molar-refractivity contribution in [3.63, 3.8) is 0 Å². The minimum atomic E-state index is -0.290. The van der Waals surface area contributed by atoms with Crippen molar-refractivity contribution in [2.75, 3.05) is 11.9 Å². The number of aryl methyl sites for hydroxylation is 3. The zero-order chi connectivity index (χ0) is 19.9. The van der Waals surface area contributed by atoms with E-state index in [0.29, 0.717) is 18.2 Å². The van der Waals surface area contributed by atoms with E-state index < -0.39 is 0 Å². The van der Waals surface area contributed by atoms with Crippen molar-refractivity contribution in [1.29, 1.82) is 0 Å². The third-order valence-electron chi connectivity index (χ3n) is 4.43. The van der Waals surface area contributed by atoms with E-state index in [1.807, 2.05) is 63.2 Å². The number of rotatable bonds is 7. The summed E-state index contributed by atoms with van der Waals surface area (Å²) < 4.78 is 11.6. The number of anilines is 1.